The average molecular weight is 479 g/mol. The lowest BCUT2D eigenvalue weighted by atomic mass is 10.2. The Morgan fingerprint density at radius 3 is 2.45 bits per heavy atom. The number of aryl methyl sites for hydroxylation is 1. The zero-order valence-electron chi connectivity index (χ0n) is 18.9. The molecule has 0 aliphatic heterocycles. The van der Waals surface area contributed by atoms with E-state index in [9.17, 15) is 9.59 Å². The number of thiophene rings is 1. The van der Waals surface area contributed by atoms with Gasteiger partial charge in [0, 0.05) is 29.3 Å². The van der Waals surface area contributed by atoms with Crippen LogP contribution in [0, 0.1) is 6.92 Å². The molecule has 4 aromatic rings. The van der Waals surface area contributed by atoms with Crippen LogP contribution in [0.5, 0.6) is 0 Å². The van der Waals surface area contributed by atoms with Crippen molar-refractivity contribution in [1.82, 2.24) is 9.55 Å². The van der Waals surface area contributed by atoms with E-state index in [0.29, 0.717) is 15.4 Å². The molecule has 0 unspecified atom stereocenters. The summed E-state index contributed by atoms with van der Waals surface area (Å²) in [6, 6.07) is 19.1. The summed E-state index contributed by atoms with van der Waals surface area (Å²) < 4.78 is 1.59. The highest BCUT2D eigenvalue weighted by molar-refractivity contribution is 7.99. The summed E-state index contributed by atoms with van der Waals surface area (Å²) in [6.45, 7) is 8.07. The van der Waals surface area contributed by atoms with Crippen molar-refractivity contribution in [2.45, 2.75) is 25.9 Å². The summed E-state index contributed by atoms with van der Waals surface area (Å²) in [7, 11) is 0. The van der Waals surface area contributed by atoms with E-state index < -0.39 is 0 Å². The minimum Gasteiger partial charge on any atom is -0.372 e. The number of thioether (sulfide) groups is 1. The molecule has 1 amide bonds. The standard InChI is InChI=1S/C25H26N4O2S2/c1-4-28(5-2)19-13-11-18(12-14-19)26-22(30)16-32-25-27-23-21(15-17(3)33-23)24(31)29(25)20-9-7-6-8-10-20/h6-15H,4-5,16H2,1-3H3,(H,26,30). The van der Waals surface area contributed by atoms with Crippen molar-refractivity contribution in [3.8, 4) is 5.69 Å². The van der Waals surface area contributed by atoms with Crippen molar-refractivity contribution < 1.29 is 4.79 Å². The number of nitrogens with one attached hydrogen (secondary N) is 1. The maximum atomic E-state index is 13.2. The fourth-order valence-corrected chi connectivity index (χ4v) is 5.39. The largest absolute Gasteiger partial charge is 0.372 e. The monoisotopic (exact) mass is 478 g/mol. The molecule has 2 aromatic carbocycles. The zero-order valence-corrected chi connectivity index (χ0v) is 20.5. The molecule has 0 aliphatic carbocycles. The molecular weight excluding hydrogens is 452 g/mol. The Morgan fingerprint density at radius 2 is 1.79 bits per heavy atom. The number of aromatic nitrogens is 2. The third kappa shape index (κ3) is 5.12. The van der Waals surface area contributed by atoms with Crippen molar-refractivity contribution >= 4 is 50.6 Å². The molecule has 2 aromatic heterocycles. The number of carbonyl (C=O) groups excluding carboxylic acids is 1. The predicted octanol–water partition coefficient (Wildman–Crippen LogP) is 5.33. The smallest absolute Gasteiger partial charge is 0.267 e. The third-order valence-corrected chi connectivity index (χ3v) is 7.17. The number of para-hydroxylation sites is 1. The van der Waals surface area contributed by atoms with Gasteiger partial charge in [-0.3, -0.25) is 14.2 Å². The fraction of sp³-hybridized carbons (Fsp3) is 0.240. The first-order valence-electron chi connectivity index (χ1n) is 10.9. The van der Waals surface area contributed by atoms with Crippen molar-refractivity contribution in [2.24, 2.45) is 0 Å². The Morgan fingerprint density at radius 1 is 1.09 bits per heavy atom. The summed E-state index contributed by atoms with van der Waals surface area (Å²) in [5.41, 5.74) is 2.48. The molecule has 0 bridgehead atoms. The molecule has 170 valence electrons. The highest BCUT2D eigenvalue weighted by Crippen LogP contribution is 2.26. The number of fused-ring (bicyclic) bond motifs is 1. The maximum Gasteiger partial charge on any atom is 0.267 e. The van der Waals surface area contributed by atoms with Gasteiger partial charge in [-0.15, -0.1) is 11.3 Å². The van der Waals surface area contributed by atoms with E-state index in [2.05, 4.69) is 24.1 Å². The molecule has 1 N–H and O–H groups in total. The molecule has 33 heavy (non-hydrogen) atoms. The molecule has 0 saturated heterocycles. The fourth-order valence-electron chi connectivity index (χ4n) is 3.66. The number of rotatable bonds is 8. The van der Waals surface area contributed by atoms with Crippen LogP contribution in [0.4, 0.5) is 11.4 Å². The van der Waals surface area contributed by atoms with Crippen molar-refractivity contribution in [2.75, 3.05) is 29.1 Å². The third-order valence-electron chi connectivity index (χ3n) is 5.28. The number of carbonyl (C=O) groups is 1. The molecule has 0 radical (unpaired) electrons. The van der Waals surface area contributed by atoms with Gasteiger partial charge < -0.3 is 10.2 Å². The van der Waals surface area contributed by atoms with Gasteiger partial charge >= 0.3 is 0 Å². The minimum absolute atomic E-state index is 0.120. The van der Waals surface area contributed by atoms with Crippen LogP contribution < -0.4 is 15.8 Å². The highest BCUT2D eigenvalue weighted by Gasteiger charge is 2.16. The lowest BCUT2D eigenvalue weighted by molar-refractivity contribution is -0.113. The molecule has 0 spiro atoms. The number of hydrogen-bond acceptors (Lipinski definition) is 6. The van der Waals surface area contributed by atoms with Crippen LogP contribution in [0.15, 0.2) is 70.6 Å². The molecule has 2 heterocycles. The van der Waals surface area contributed by atoms with E-state index in [1.165, 1.54) is 23.1 Å². The Hall–Kier alpha value is -3.10. The Labute approximate surface area is 201 Å². The predicted molar refractivity (Wildman–Crippen MR) is 139 cm³/mol. The second-order valence-corrected chi connectivity index (χ2v) is 9.68. The van der Waals surface area contributed by atoms with Crippen molar-refractivity contribution in [1.29, 1.82) is 0 Å². The lowest BCUT2D eigenvalue weighted by Gasteiger charge is -2.21. The van der Waals surface area contributed by atoms with Crippen molar-refractivity contribution in [3.05, 3.63) is 75.9 Å². The minimum atomic E-state index is -0.146. The van der Waals surface area contributed by atoms with Crippen LogP contribution in [0.3, 0.4) is 0 Å². The topological polar surface area (TPSA) is 67.2 Å². The molecule has 4 rings (SSSR count). The van der Waals surface area contributed by atoms with Crippen LogP contribution >= 0.6 is 23.1 Å². The molecule has 0 atom stereocenters. The number of anilines is 2. The molecule has 6 nitrogen and oxygen atoms in total. The molecule has 8 heteroatoms. The van der Waals surface area contributed by atoms with Gasteiger partial charge in [0.15, 0.2) is 5.16 Å². The highest BCUT2D eigenvalue weighted by atomic mass is 32.2. The number of benzene rings is 2. The summed E-state index contributed by atoms with van der Waals surface area (Å²) in [4.78, 5) is 34.6. The van der Waals surface area contributed by atoms with E-state index in [0.717, 1.165) is 35.0 Å². The second kappa shape index (κ2) is 10.2. The van der Waals surface area contributed by atoms with Gasteiger partial charge in [-0.25, -0.2) is 4.98 Å². The van der Waals surface area contributed by atoms with E-state index in [-0.39, 0.29) is 17.2 Å². The van der Waals surface area contributed by atoms with Gasteiger partial charge in [0.25, 0.3) is 5.56 Å². The summed E-state index contributed by atoms with van der Waals surface area (Å²) in [5, 5.41) is 4.05. The second-order valence-electron chi connectivity index (χ2n) is 7.50. The van der Waals surface area contributed by atoms with Crippen LogP contribution in [-0.2, 0) is 4.79 Å². The maximum absolute atomic E-state index is 13.2. The van der Waals surface area contributed by atoms with Gasteiger partial charge in [0.05, 0.1) is 16.8 Å². The lowest BCUT2D eigenvalue weighted by Crippen LogP contribution is -2.22. The van der Waals surface area contributed by atoms with Crippen LogP contribution in [0.2, 0.25) is 0 Å². The summed E-state index contributed by atoms with van der Waals surface area (Å²) in [5.74, 6) is -0.000615. The first kappa shape index (κ1) is 23.1. The van der Waals surface area contributed by atoms with Gasteiger partial charge in [0.2, 0.25) is 5.91 Å². The molecular formula is C25H26N4O2S2. The quantitative estimate of drug-likeness (QED) is 0.274. The summed E-state index contributed by atoms with van der Waals surface area (Å²) >= 11 is 2.75. The first-order chi connectivity index (χ1) is 16.0. The molecule has 0 aliphatic rings. The van der Waals surface area contributed by atoms with E-state index >= 15 is 0 Å². The SMILES string of the molecule is CCN(CC)c1ccc(NC(=O)CSc2nc3sc(C)cc3c(=O)n2-c2ccccc2)cc1. The Kier molecular flexibility index (Phi) is 7.15. The van der Waals surface area contributed by atoms with Gasteiger partial charge in [-0.1, -0.05) is 30.0 Å². The number of hydrogen-bond donors (Lipinski definition) is 1. The van der Waals surface area contributed by atoms with Gasteiger partial charge in [-0.2, -0.15) is 0 Å². The van der Waals surface area contributed by atoms with Crippen LogP contribution in [0.25, 0.3) is 15.9 Å². The van der Waals surface area contributed by atoms with E-state index in [4.69, 9.17) is 4.98 Å². The Bertz CT molecular complexity index is 1310. The zero-order chi connectivity index (χ0) is 23.4. The average Bonchev–Trinajstić information content (AvgIpc) is 3.21. The summed E-state index contributed by atoms with van der Waals surface area (Å²) in [6.07, 6.45) is 0. The molecule has 0 fully saturated rings. The number of nitrogens with zero attached hydrogens (tertiary/aromatic N) is 3. The van der Waals surface area contributed by atoms with Gasteiger partial charge in [0.1, 0.15) is 4.83 Å². The van der Waals surface area contributed by atoms with Crippen molar-refractivity contribution in [3.63, 3.8) is 0 Å². The van der Waals surface area contributed by atoms with E-state index in [1.54, 1.807) is 4.57 Å². The first-order valence-corrected chi connectivity index (χ1v) is 12.7. The van der Waals surface area contributed by atoms with Crippen LogP contribution in [-0.4, -0.2) is 34.3 Å². The van der Waals surface area contributed by atoms with E-state index in [1.807, 2.05) is 67.6 Å². The van der Waals surface area contributed by atoms with Crippen LogP contribution in [0.1, 0.15) is 18.7 Å². The normalized spacial score (nSPS) is 11.0. The Balaban J connectivity index is 1.54. The molecule has 0 saturated carbocycles. The number of amides is 1. The van der Waals surface area contributed by atoms with Gasteiger partial charge in [-0.05, 0) is 63.2 Å².